The van der Waals surface area contributed by atoms with Crippen LogP contribution in [0, 0.1) is 0 Å². The first-order chi connectivity index (χ1) is 13.8. The highest BCUT2D eigenvalue weighted by molar-refractivity contribution is 7.89. The summed E-state index contributed by atoms with van der Waals surface area (Å²) in [5, 5.41) is 17.7. The van der Waals surface area contributed by atoms with Crippen molar-refractivity contribution in [3.05, 3.63) is 77.4 Å². The van der Waals surface area contributed by atoms with Crippen molar-refractivity contribution >= 4 is 27.6 Å². The molecule has 0 saturated heterocycles. The highest BCUT2D eigenvalue weighted by Gasteiger charge is 2.63. The summed E-state index contributed by atoms with van der Waals surface area (Å²) in [4.78, 5) is 11.9. The molecular formula is C20H16ClN3O4S. The van der Waals surface area contributed by atoms with Crippen molar-refractivity contribution in [2.24, 2.45) is 0 Å². The number of rotatable bonds is 6. The van der Waals surface area contributed by atoms with Gasteiger partial charge in [0.1, 0.15) is 5.54 Å². The smallest absolute Gasteiger partial charge is 0.325 e. The standard InChI is InChI=1S/C20H16ClN3O4S/c21-18-10-9-17(22-23-18)14-7-4-8-15(11-14)29(27,28)24-20(19(25)26)12-16(20)13-5-2-1-3-6-13/h1-11,16,24H,12H2,(H,25,26). The second-order valence-electron chi connectivity index (χ2n) is 6.82. The molecular weight excluding hydrogens is 414 g/mol. The lowest BCUT2D eigenvalue weighted by molar-refractivity contribution is -0.140. The molecule has 1 aliphatic carbocycles. The molecule has 1 saturated carbocycles. The molecule has 9 heteroatoms. The van der Waals surface area contributed by atoms with Crippen LogP contribution in [0.4, 0.5) is 0 Å². The average molecular weight is 430 g/mol. The molecule has 3 aromatic rings. The number of benzene rings is 2. The van der Waals surface area contributed by atoms with Crippen molar-refractivity contribution in [2.45, 2.75) is 22.8 Å². The Balaban J connectivity index is 1.64. The van der Waals surface area contributed by atoms with Gasteiger partial charge in [0.2, 0.25) is 10.0 Å². The fourth-order valence-corrected chi connectivity index (χ4v) is 4.89. The highest BCUT2D eigenvalue weighted by Crippen LogP contribution is 2.52. The zero-order chi connectivity index (χ0) is 20.6. The highest BCUT2D eigenvalue weighted by atomic mass is 35.5. The zero-order valence-electron chi connectivity index (χ0n) is 15.0. The molecule has 2 unspecified atom stereocenters. The van der Waals surface area contributed by atoms with Crippen molar-refractivity contribution < 1.29 is 18.3 Å². The van der Waals surface area contributed by atoms with Gasteiger partial charge < -0.3 is 5.11 Å². The number of carboxylic acid groups (broad SMARTS) is 1. The van der Waals surface area contributed by atoms with Crippen LogP contribution in [0.2, 0.25) is 5.15 Å². The minimum absolute atomic E-state index is 0.0499. The number of aliphatic carboxylic acids is 1. The minimum atomic E-state index is -4.09. The molecule has 1 aliphatic rings. The normalized spacial score (nSPS) is 20.9. The first kappa shape index (κ1) is 19.5. The van der Waals surface area contributed by atoms with E-state index in [1.807, 2.05) is 6.07 Å². The Morgan fingerprint density at radius 3 is 2.48 bits per heavy atom. The summed E-state index contributed by atoms with van der Waals surface area (Å²) in [7, 11) is -4.09. The Morgan fingerprint density at radius 2 is 1.83 bits per heavy atom. The van der Waals surface area contributed by atoms with E-state index < -0.39 is 27.4 Å². The Kier molecular flexibility index (Phi) is 4.85. The minimum Gasteiger partial charge on any atom is -0.480 e. The van der Waals surface area contributed by atoms with Crippen LogP contribution < -0.4 is 4.72 Å². The number of nitrogens with one attached hydrogen (secondary N) is 1. The lowest BCUT2D eigenvalue weighted by atomic mass is 10.1. The number of hydrogen-bond donors (Lipinski definition) is 2. The topological polar surface area (TPSA) is 109 Å². The molecule has 7 nitrogen and oxygen atoms in total. The molecule has 2 N–H and O–H groups in total. The van der Waals surface area contributed by atoms with Gasteiger partial charge >= 0.3 is 5.97 Å². The van der Waals surface area contributed by atoms with Gasteiger partial charge in [-0.3, -0.25) is 4.79 Å². The molecule has 0 spiro atoms. The van der Waals surface area contributed by atoms with Gasteiger partial charge in [-0.2, -0.15) is 4.72 Å². The predicted octanol–water partition coefficient (Wildman–Crippen LogP) is 3.09. The summed E-state index contributed by atoms with van der Waals surface area (Å²) >= 11 is 5.74. The Hall–Kier alpha value is -2.81. The lowest BCUT2D eigenvalue weighted by Gasteiger charge is -2.16. The van der Waals surface area contributed by atoms with E-state index in [4.69, 9.17) is 11.6 Å². The van der Waals surface area contributed by atoms with Crippen molar-refractivity contribution in [2.75, 3.05) is 0 Å². The van der Waals surface area contributed by atoms with Crippen LogP contribution in [0.25, 0.3) is 11.3 Å². The van der Waals surface area contributed by atoms with E-state index in [-0.39, 0.29) is 16.5 Å². The number of sulfonamides is 1. The Bertz CT molecular complexity index is 1170. The molecule has 148 valence electrons. The third-order valence-corrected chi connectivity index (χ3v) is 6.64. The molecule has 2 atom stereocenters. The van der Waals surface area contributed by atoms with Gasteiger partial charge in [0, 0.05) is 11.5 Å². The van der Waals surface area contributed by atoms with Crippen LogP contribution in [-0.2, 0) is 14.8 Å². The van der Waals surface area contributed by atoms with E-state index in [0.717, 1.165) is 5.56 Å². The first-order valence-corrected chi connectivity index (χ1v) is 10.6. The fraction of sp³-hybridized carbons (Fsp3) is 0.150. The third kappa shape index (κ3) is 3.74. The molecule has 1 aromatic heterocycles. The maximum atomic E-state index is 13.0. The van der Waals surface area contributed by atoms with Crippen LogP contribution in [0.1, 0.15) is 17.9 Å². The number of halogens is 1. The molecule has 0 amide bonds. The van der Waals surface area contributed by atoms with E-state index in [2.05, 4.69) is 14.9 Å². The molecule has 2 aromatic carbocycles. The van der Waals surface area contributed by atoms with E-state index >= 15 is 0 Å². The molecule has 0 aliphatic heterocycles. The van der Waals surface area contributed by atoms with Gasteiger partial charge in [0.15, 0.2) is 5.15 Å². The van der Waals surface area contributed by atoms with Crippen molar-refractivity contribution in [3.8, 4) is 11.3 Å². The van der Waals surface area contributed by atoms with Crippen LogP contribution in [0.5, 0.6) is 0 Å². The van der Waals surface area contributed by atoms with Crippen LogP contribution in [0.3, 0.4) is 0 Å². The molecule has 0 bridgehead atoms. The van der Waals surface area contributed by atoms with Crippen LogP contribution >= 0.6 is 11.6 Å². The predicted molar refractivity (Wildman–Crippen MR) is 107 cm³/mol. The van der Waals surface area contributed by atoms with Gasteiger partial charge in [-0.05, 0) is 36.2 Å². The number of hydrogen-bond acceptors (Lipinski definition) is 5. The zero-order valence-corrected chi connectivity index (χ0v) is 16.6. The average Bonchev–Trinajstić information content (AvgIpc) is 3.44. The number of carbonyl (C=O) groups is 1. The van der Waals surface area contributed by atoms with Gasteiger partial charge in [0.25, 0.3) is 0 Å². The van der Waals surface area contributed by atoms with Crippen molar-refractivity contribution in [3.63, 3.8) is 0 Å². The van der Waals surface area contributed by atoms with Crippen molar-refractivity contribution in [1.82, 2.24) is 14.9 Å². The second-order valence-corrected chi connectivity index (χ2v) is 8.89. The maximum absolute atomic E-state index is 13.0. The summed E-state index contributed by atoms with van der Waals surface area (Å²) in [6.45, 7) is 0. The summed E-state index contributed by atoms with van der Waals surface area (Å²) in [6.07, 6.45) is 0.188. The third-order valence-electron chi connectivity index (χ3n) is 4.93. The van der Waals surface area contributed by atoms with Gasteiger partial charge in [-0.25, -0.2) is 8.42 Å². The first-order valence-electron chi connectivity index (χ1n) is 8.74. The Morgan fingerprint density at radius 1 is 1.07 bits per heavy atom. The largest absolute Gasteiger partial charge is 0.480 e. The SMILES string of the molecule is O=C(O)C1(NS(=O)(=O)c2cccc(-c3ccc(Cl)nn3)c2)CC1c1ccccc1. The van der Waals surface area contributed by atoms with E-state index in [1.54, 1.807) is 48.5 Å². The molecule has 4 rings (SSSR count). The maximum Gasteiger partial charge on any atom is 0.325 e. The lowest BCUT2D eigenvalue weighted by Crippen LogP contribution is -2.44. The fourth-order valence-electron chi connectivity index (χ4n) is 3.33. The Labute approximate surface area is 172 Å². The van der Waals surface area contributed by atoms with Gasteiger partial charge in [-0.15, -0.1) is 10.2 Å². The second kappa shape index (κ2) is 7.22. The monoisotopic (exact) mass is 429 g/mol. The molecule has 1 heterocycles. The number of aromatic nitrogens is 2. The molecule has 0 radical (unpaired) electrons. The van der Waals surface area contributed by atoms with Gasteiger partial charge in [-0.1, -0.05) is 54.1 Å². The van der Waals surface area contributed by atoms with Crippen LogP contribution in [-0.4, -0.2) is 35.2 Å². The summed E-state index contributed by atoms with van der Waals surface area (Å²) < 4.78 is 28.4. The number of nitrogens with zero attached hydrogens (tertiary/aromatic N) is 2. The number of carboxylic acids is 1. The quantitative estimate of drug-likeness (QED) is 0.623. The molecule has 29 heavy (non-hydrogen) atoms. The summed E-state index contributed by atoms with van der Waals surface area (Å²) in [5.74, 6) is -1.63. The summed E-state index contributed by atoms with van der Waals surface area (Å²) in [5.41, 5.74) is 0.198. The van der Waals surface area contributed by atoms with Crippen LogP contribution in [0.15, 0.2) is 71.6 Å². The van der Waals surface area contributed by atoms with E-state index in [9.17, 15) is 18.3 Å². The molecule has 1 fully saturated rings. The van der Waals surface area contributed by atoms with E-state index in [0.29, 0.717) is 11.3 Å². The van der Waals surface area contributed by atoms with Crippen molar-refractivity contribution in [1.29, 1.82) is 0 Å². The van der Waals surface area contributed by atoms with E-state index in [1.165, 1.54) is 12.1 Å². The summed E-state index contributed by atoms with van der Waals surface area (Å²) in [6, 6.07) is 18.3. The van der Waals surface area contributed by atoms with Gasteiger partial charge in [0.05, 0.1) is 10.6 Å².